The lowest BCUT2D eigenvalue weighted by Crippen LogP contribution is -2.21. The number of unbranched alkanes of at least 4 members (excludes halogenated alkanes) is 2. The summed E-state index contributed by atoms with van der Waals surface area (Å²) in [5, 5.41) is 0.533. The van der Waals surface area contributed by atoms with Crippen LogP contribution in [0.5, 0.6) is 5.75 Å². The predicted molar refractivity (Wildman–Crippen MR) is 126 cm³/mol. The first-order valence-corrected chi connectivity index (χ1v) is 11.0. The van der Waals surface area contributed by atoms with Crippen LogP contribution in [0.15, 0.2) is 59.7 Å². The highest BCUT2D eigenvalue weighted by Gasteiger charge is 2.20. The fraction of sp³-hybridized carbons (Fsp3) is 0.280. The van der Waals surface area contributed by atoms with Crippen molar-refractivity contribution in [2.75, 3.05) is 7.11 Å². The summed E-state index contributed by atoms with van der Waals surface area (Å²) in [6.07, 6.45) is 4.78. The lowest BCUT2D eigenvalue weighted by atomic mass is 10.2. The van der Waals surface area contributed by atoms with Gasteiger partial charge in [-0.05, 0) is 36.2 Å². The lowest BCUT2D eigenvalue weighted by molar-refractivity contribution is 0.414. The Morgan fingerprint density at radius 1 is 0.938 bits per heavy atom. The predicted octanol–water partition coefficient (Wildman–Crippen LogP) is 4.54. The van der Waals surface area contributed by atoms with Gasteiger partial charge in [0.15, 0.2) is 11.3 Å². The van der Waals surface area contributed by atoms with Crippen molar-refractivity contribution in [3.8, 4) is 5.75 Å². The monoisotopic (exact) mass is 427 g/mol. The van der Waals surface area contributed by atoms with Crippen LogP contribution in [0.2, 0.25) is 0 Å². The molecule has 0 amide bonds. The number of aromatic nitrogens is 5. The second-order valence-corrected chi connectivity index (χ2v) is 7.97. The zero-order valence-corrected chi connectivity index (χ0v) is 18.3. The van der Waals surface area contributed by atoms with Crippen molar-refractivity contribution in [3.05, 3.63) is 70.8 Å². The van der Waals surface area contributed by atoms with Crippen LogP contribution < -0.4 is 10.3 Å². The maximum atomic E-state index is 13.4. The van der Waals surface area contributed by atoms with E-state index in [1.54, 1.807) is 18.0 Å². The molecule has 32 heavy (non-hydrogen) atoms. The van der Waals surface area contributed by atoms with Gasteiger partial charge in [-0.1, -0.05) is 44.0 Å². The van der Waals surface area contributed by atoms with Gasteiger partial charge in [-0.25, -0.2) is 15.0 Å². The maximum absolute atomic E-state index is 13.4. The van der Waals surface area contributed by atoms with Crippen molar-refractivity contribution >= 4 is 33.2 Å². The van der Waals surface area contributed by atoms with Crippen molar-refractivity contribution in [1.82, 2.24) is 24.1 Å². The average Bonchev–Trinajstić information content (AvgIpc) is 3.12. The average molecular weight is 428 g/mol. The van der Waals surface area contributed by atoms with E-state index >= 15 is 0 Å². The molecule has 0 bridgehead atoms. The molecule has 162 valence electrons. The Morgan fingerprint density at radius 3 is 2.41 bits per heavy atom. The van der Waals surface area contributed by atoms with E-state index in [4.69, 9.17) is 19.7 Å². The van der Waals surface area contributed by atoms with Crippen LogP contribution >= 0.6 is 0 Å². The molecule has 3 heterocycles. The molecule has 5 aromatic rings. The second-order valence-electron chi connectivity index (χ2n) is 7.97. The summed E-state index contributed by atoms with van der Waals surface area (Å²) in [5.41, 5.74) is 4.46. The third-order valence-electron chi connectivity index (χ3n) is 5.82. The van der Waals surface area contributed by atoms with Crippen LogP contribution in [-0.4, -0.2) is 31.2 Å². The molecular weight excluding hydrogens is 402 g/mol. The molecule has 0 unspecified atom stereocenters. The molecule has 0 aliphatic rings. The molecule has 0 spiro atoms. The highest BCUT2D eigenvalue weighted by Crippen LogP contribution is 2.26. The number of benzene rings is 2. The second kappa shape index (κ2) is 8.42. The Bertz CT molecular complexity index is 1470. The Morgan fingerprint density at radius 2 is 1.69 bits per heavy atom. The van der Waals surface area contributed by atoms with Crippen LogP contribution in [0, 0.1) is 0 Å². The standard InChI is InChI=1S/C25H25N5O2/c1-3-4-7-14-29-16-26-23-21(25(29)31)22-24(28-20-9-6-5-8-19(20)27-22)30(23)15-17-10-12-18(32-2)13-11-17/h5-6,8-13,16H,3-4,7,14-15H2,1-2H3. The maximum Gasteiger partial charge on any atom is 0.265 e. The normalized spacial score (nSPS) is 11.6. The molecule has 0 aliphatic carbocycles. The highest BCUT2D eigenvalue weighted by molar-refractivity contribution is 6.04. The van der Waals surface area contributed by atoms with E-state index in [1.807, 2.05) is 53.1 Å². The molecular formula is C25H25N5O2. The first-order valence-electron chi connectivity index (χ1n) is 11.0. The first-order chi connectivity index (χ1) is 15.7. The number of hydrogen-bond acceptors (Lipinski definition) is 5. The van der Waals surface area contributed by atoms with Crippen molar-refractivity contribution < 1.29 is 4.74 Å². The topological polar surface area (TPSA) is 74.8 Å². The number of ether oxygens (including phenoxy) is 1. The van der Waals surface area contributed by atoms with E-state index in [0.29, 0.717) is 35.3 Å². The molecule has 0 saturated carbocycles. The smallest absolute Gasteiger partial charge is 0.265 e. The molecule has 7 heteroatoms. The summed E-state index contributed by atoms with van der Waals surface area (Å²) >= 11 is 0. The van der Waals surface area contributed by atoms with Crippen LogP contribution in [0.4, 0.5) is 0 Å². The van der Waals surface area contributed by atoms with E-state index in [-0.39, 0.29) is 5.56 Å². The molecule has 0 radical (unpaired) electrons. The fourth-order valence-corrected chi connectivity index (χ4v) is 4.09. The number of hydrogen-bond donors (Lipinski definition) is 0. The van der Waals surface area contributed by atoms with Crippen molar-refractivity contribution in [2.45, 2.75) is 39.3 Å². The van der Waals surface area contributed by atoms with Crippen LogP contribution in [0.3, 0.4) is 0 Å². The van der Waals surface area contributed by atoms with E-state index < -0.39 is 0 Å². The van der Waals surface area contributed by atoms with E-state index in [1.165, 1.54) is 0 Å². The van der Waals surface area contributed by atoms with Crippen molar-refractivity contribution in [3.63, 3.8) is 0 Å². The largest absolute Gasteiger partial charge is 0.497 e. The molecule has 3 aromatic heterocycles. The van der Waals surface area contributed by atoms with Crippen molar-refractivity contribution in [1.29, 1.82) is 0 Å². The molecule has 0 saturated heterocycles. The molecule has 0 aliphatic heterocycles. The van der Waals surface area contributed by atoms with E-state index in [9.17, 15) is 4.79 Å². The molecule has 7 nitrogen and oxygen atoms in total. The molecule has 5 rings (SSSR count). The SMILES string of the molecule is CCCCCn1cnc2c(c1=O)c1nc3ccccc3nc1n2Cc1ccc(OC)cc1. The number of para-hydroxylation sites is 2. The molecule has 0 N–H and O–H groups in total. The summed E-state index contributed by atoms with van der Waals surface area (Å²) in [6, 6.07) is 15.6. The van der Waals surface area contributed by atoms with E-state index in [2.05, 4.69) is 6.92 Å². The van der Waals surface area contributed by atoms with Crippen LogP contribution in [0.1, 0.15) is 31.7 Å². The van der Waals surface area contributed by atoms with Gasteiger partial charge >= 0.3 is 0 Å². The third kappa shape index (κ3) is 3.49. The summed E-state index contributed by atoms with van der Waals surface area (Å²) in [6.45, 7) is 3.34. The zero-order valence-electron chi connectivity index (χ0n) is 18.3. The van der Waals surface area contributed by atoms with Gasteiger partial charge in [-0.3, -0.25) is 9.36 Å². The summed E-state index contributed by atoms with van der Waals surface area (Å²) in [5.74, 6) is 0.801. The number of fused-ring (bicyclic) bond motifs is 4. The Labute approximate surface area is 185 Å². The minimum Gasteiger partial charge on any atom is -0.497 e. The van der Waals surface area contributed by atoms with Crippen LogP contribution in [0.25, 0.3) is 33.2 Å². The first kappa shape index (κ1) is 20.2. The fourth-order valence-electron chi connectivity index (χ4n) is 4.09. The summed E-state index contributed by atoms with van der Waals surface area (Å²) in [4.78, 5) is 27.9. The van der Waals surface area contributed by atoms with Gasteiger partial charge in [0.05, 0.1) is 31.0 Å². The van der Waals surface area contributed by atoms with Gasteiger partial charge < -0.3 is 9.30 Å². The Kier molecular flexibility index (Phi) is 5.31. The van der Waals surface area contributed by atoms with Crippen molar-refractivity contribution in [2.24, 2.45) is 0 Å². The third-order valence-corrected chi connectivity index (χ3v) is 5.82. The van der Waals surface area contributed by atoms with E-state index in [0.717, 1.165) is 41.6 Å². The Balaban J connectivity index is 1.73. The Hall–Kier alpha value is -3.74. The van der Waals surface area contributed by atoms with Gasteiger partial charge in [-0.15, -0.1) is 0 Å². The quantitative estimate of drug-likeness (QED) is 0.357. The van der Waals surface area contributed by atoms with Crippen LogP contribution in [-0.2, 0) is 13.1 Å². The van der Waals surface area contributed by atoms with Gasteiger partial charge in [0.2, 0.25) is 0 Å². The van der Waals surface area contributed by atoms with Gasteiger partial charge in [0.25, 0.3) is 5.56 Å². The molecule has 2 aromatic carbocycles. The highest BCUT2D eigenvalue weighted by atomic mass is 16.5. The number of rotatable bonds is 7. The minimum absolute atomic E-state index is 0.0610. The summed E-state index contributed by atoms with van der Waals surface area (Å²) in [7, 11) is 1.65. The number of aryl methyl sites for hydroxylation is 1. The van der Waals surface area contributed by atoms with Gasteiger partial charge in [0, 0.05) is 6.54 Å². The van der Waals surface area contributed by atoms with Gasteiger partial charge in [-0.2, -0.15) is 0 Å². The van der Waals surface area contributed by atoms with Gasteiger partial charge in [0.1, 0.15) is 16.7 Å². The molecule has 0 fully saturated rings. The minimum atomic E-state index is -0.0610. The lowest BCUT2D eigenvalue weighted by Gasteiger charge is -2.08. The molecule has 0 atom stereocenters. The zero-order chi connectivity index (χ0) is 22.1. The number of methoxy groups -OCH3 is 1. The number of nitrogens with zero attached hydrogens (tertiary/aromatic N) is 5. The summed E-state index contributed by atoms with van der Waals surface area (Å²) < 4.78 is 8.97.